The normalized spacial score (nSPS) is 12.9. The molecular formula is C35H57NO10. The van der Waals surface area contributed by atoms with Crippen LogP contribution in [0.15, 0.2) is 36.4 Å². The summed E-state index contributed by atoms with van der Waals surface area (Å²) in [6, 6.07) is 8.42. The predicted molar refractivity (Wildman–Crippen MR) is 175 cm³/mol. The fourth-order valence-corrected chi connectivity index (χ4v) is 4.49. The molecule has 0 saturated carbocycles. The van der Waals surface area contributed by atoms with Gasteiger partial charge >= 0.3 is 0 Å². The molecule has 2 rings (SSSR count). The molecule has 0 spiro atoms. The second-order valence-electron chi connectivity index (χ2n) is 10.8. The smallest absolute Gasteiger partial charge is 0.253 e. The molecule has 0 radical (unpaired) electrons. The van der Waals surface area contributed by atoms with Crippen LogP contribution < -0.4 is 4.74 Å². The summed E-state index contributed by atoms with van der Waals surface area (Å²) < 4.78 is 44.1. The van der Waals surface area contributed by atoms with E-state index < -0.39 is 0 Å². The molecule has 1 aliphatic rings. The summed E-state index contributed by atoms with van der Waals surface area (Å²) in [4.78, 5) is 24.0. The number of imide groups is 1. The fraction of sp³-hybridized carbons (Fsp3) is 0.714. The van der Waals surface area contributed by atoms with Crippen molar-refractivity contribution in [1.29, 1.82) is 0 Å². The van der Waals surface area contributed by atoms with Crippen LogP contribution in [-0.4, -0.2) is 122 Å². The summed E-state index contributed by atoms with van der Waals surface area (Å²) in [6.07, 6.45) is 13.0. The highest BCUT2D eigenvalue weighted by molar-refractivity contribution is 6.12. The quantitative estimate of drug-likeness (QED) is 0.0801. The summed E-state index contributed by atoms with van der Waals surface area (Å²) in [7, 11) is 0. The Morgan fingerprint density at radius 2 is 0.870 bits per heavy atom. The van der Waals surface area contributed by atoms with Gasteiger partial charge in [0.1, 0.15) is 12.4 Å². The first-order valence-corrected chi connectivity index (χ1v) is 17.0. The predicted octanol–water partition coefficient (Wildman–Crippen LogP) is 4.40. The van der Waals surface area contributed by atoms with Crippen molar-refractivity contribution in [3.8, 4) is 5.75 Å². The maximum absolute atomic E-state index is 11.4. The maximum Gasteiger partial charge on any atom is 0.253 e. The minimum Gasteiger partial charge on any atom is -0.491 e. The average Bonchev–Trinajstić information content (AvgIpc) is 3.39. The van der Waals surface area contributed by atoms with Gasteiger partial charge in [-0.2, -0.15) is 0 Å². The van der Waals surface area contributed by atoms with Crippen LogP contribution in [0.5, 0.6) is 5.75 Å². The lowest BCUT2D eigenvalue weighted by Crippen LogP contribution is -2.33. The Kier molecular flexibility index (Phi) is 24.9. The van der Waals surface area contributed by atoms with Gasteiger partial charge in [0.2, 0.25) is 0 Å². The summed E-state index contributed by atoms with van der Waals surface area (Å²) in [5.41, 5.74) is 1.37. The number of amides is 2. The topological polar surface area (TPSA) is 111 Å². The Hall–Kier alpha value is -2.38. The molecule has 262 valence electrons. The summed E-state index contributed by atoms with van der Waals surface area (Å²) in [6.45, 7) is 9.54. The Balaban J connectivity index is 1.22. The lowest BCUT2D eigenvalue weighted by Gasteiger charge is -2.13. The van der Waals surface area contributed by atoms with Gasteiger partial charge in [0, 0.05) is 12.2 Å². The van der Waals surface area contributed by atoms with E-state index in [4.69, 9.17) is 37.9 Å². The van der Waals surface area contributed by atoms with Crippen molar-refractivity contribution in [2.24, 2.45) is 0 Å². The highest BCUT2D eigenvalue weighted by Gasteiger charge is 2.22. The van der Waals surface area contributed by atoms with E-state index in [1.165, 1.54) is 62.7 Å². The van der Waals surface area contributed by atoms with Crippen molar-refractivity contribution in [3.63, 3.8) is 0 Å². The Morgan fingerprint density at radius 3 is 1.33 bits per heavy atom. The second-order valence-corrected chi connectivity index (χ2v) is 10.8. The van der Waals surface area contributed by atoms with E-state index >= 15 is 0 Å². The number of unbranched alkanes of at least 4 members (excludes halogenated alkanes) is 6. The minimum atomic E-state index is -0.302. The number of carbonyl (C=O) groups excluding carboxylic acids is 2. The third kappa shape index (κ3) is 21.4. The Morgan fingerprint density at radius 1 is 0.478 bits per heavy atom. The lowest BCUT2D eigenvalue weighted by molar-refractivity contribution is -0.137. The van der Waals surface area contributed by atoms with E-state index in [-0.39, 0.29) is 25.0 Å². The molecule has 2 amide bonds. The molecule has 0 N–H and O–H groups in total. The van der Waals surface area contributed by atoms with Crippen molar-refractivity contribution in [2.75, 3.05) is 106 Å². The van der Waals surface area contributed by atoms with Gasteiger partial charge in [-0.25, -0.2) is 0 Å². The van der Waals surface area contributed by atoms with E-state index in [2.05, 4.69) is 19.1 Å². The number of nitrogens with zero attached hydrogens (tertiary/aromatic N) is 1. The summed E-state index contributed by atoms with van der Waals surface area (Å²) >= 11 is 0. The van der Waals surface area contributed by atoms with Crippen molar-refractivity contribution in [2.45, 2.75) is 58.3 Å². The SMILES string of the molecule is CCCCCCCCCc1ccc(OCCOCCOCCOCCOCCOCCOCCOCCN2C(=O)C=CC2=O)cc1. The van der Waals surface area contributed by atoms with Crippen LogP contribution in [0.4, 0.5) is 0 Å². The van der Waals surface area contributed by atoms with E-state index in [9.17, 15) is 9.59 Å². The largest absolute Gasteiger partial charge is 0.491 e. The van der Waals surface area contributed by atoms with Gasteiger partial charge in [-0.1, -0.05) is 57.6 Å². The van der Waals surface area contributed by atoms with E-state index in [1.54, 1.807) is 0 Å². The Bertz CT molecular complexity index is 893. The van der Waals surface area contributed by atoms with E-state index in [0.29, 0.717) is 92.5 Å². The third-order valence-corrected chi connectivity index (χ3v) is 7.08. The van der Waals surface area contributed by atoms with Crippen LogP contribution >= 0.6 is 0 Å². The maximum atomic E-state index is 11.4. The molecule has 11 heteroatoms. The fourth-order valence-electron chi connectivity index (χ4n) is 4.49. The first kappa shape index (κ1) is 39.8. The van der Waals surface area contributed by atoms with Crippen molar-refractivity contribution in [3.05, 3.63) is 42.0 Å². The number of rotatable bonds is 33. The minimum absolute atomic E-state index is 0.245. The van der Waals surface area contributed by atoms with Crippen LogP contribution in [0, 0.1) is 0 Å². The zero-order valence-electron chi connectivity index (χ0n) is 28.0. The molecular weight excluding hydrogens is 594 g/mol. The van der Waals surface area contributed by atoms with Gasteiger partial charge in [-0.3, -0.25) is 14.5 Å². The molecule has 1 heterocycles. The van der Waals surface area contributed by atoms with Gasteiger partial charge < -0.3 is 37.9 Å². The average molecular weight is 652 g/mol. The summed E-state index contributed by atoms with van der Waals surface area (Å²) in [5, 5.41) is 0. The number of hydrogen-bond acceptors (Lipinski definition) is 10. The number of aryl methyl sites for hydroxylation is 1. The van der Waals surface area contributed by atoms with Crippen LogP contribution in [0.1, 0.15) is 57.4 Å². The molecule has 0 atom stereocenters. The van der Waals surface area contributed by atoms with Crippen LogP contribution in [-0.2, 0) is 49.2 Å². The highest BCUT2D eigenvalue weighted by Crippen LogP contribution is 2.15. The standard InChI is InChI=1S/C35H57NO10/c1-2-3-4-5-6-7-8-9-32-10-12-33(13-11-32)46-31-30-45-29-28-44-27-26-43-25-24-42-23-22-41-21-20-40-19-18-39-17-16-36-34(37)14-15-35(36)38/h10-15H,2-9,16-31H2,1H3. The Labute approximate surface area is 275 Å². The van der Waals surface area contributed by atoms with Crippen molar-refractivity contribution < 1.29 is 47.5 Å². The van der Waals surface area contributed by atoms with Gasteiger partial charge in [0.05, 0.1) is 99.0 Å². The monoisotopic (exact) mass is 651 g/mol. The van der Waals surface area contributed by atoms with Crippen LogP contribution in [0.25, 0.3) is 0 Å². The van der Waals surface area contributed by atoms with Gasteiger partial charge in [-0.05, 0) is 30.5 Å². The first-order valence-electron chi connectivity index (χ1n) is 17.0. The summed E-state index contributed by atoms with van der Waals surface area (Å²) in [5.74, 6) is 0.277. The molecule has 0 unspecified atom stereocenters. The number of carbonyl (C=O) groups is 2. The zero-order chi connectivity index (χ0) is 32.8. The van der Waals surface area contributed by atoms with Crippen LogP contribution in [0.2, 0.25) is 0 Å². The van der Waals surface area contributed by atoms with Crippen LogP contribution in [0.3, 0.4) is 0 Å². The van der Waals surface area contributed by atoms with E-state index in [0.717, 1.165) is 17.1 Å². The highest BCUT2D eigenvalue weighted by atomic mass is 16.6. The molecule has 11 nitrogen and oxygen atoms in total. The lowest BCUT2D eigenvalue weighted by atomic mass is 10.0. The second kappa shape index (κ2) is 28.8. The van der Waals surface area contributed by atoms with E-state index in [1.807, 2.05) is 12.1 Å². The molecule has 46 heavy (non-hydrogen) atoms. The molecule has 0 saturated heterocycles. The van der Waals surface area contributed by atoms with Crippen molar-refractivity contribution >= 4 is 11.8 Å². The van der Waals surface area contributed by atoms with Crippen molar-refractivity contribution in [1.82, 2.24) is 4.90 Å². The van der Waals surface area contributed by atoms with Gasteiger partial charge in [-0.15, -0.1) is 0 Å². The molecule has 0 bridgehead atoms. The third-order valence-electron chi connectivity index (χ3n) is 7.08. The number of hydrogen-bond donors (Lipinski definition) is 0. The molecule has 0 fully saturated rings. The molecule has 0 aromatic heterocycles. The number of benzene rings is 1. The van der Waals surface area contributed by atoms with Gasteiger partial charge in [0.15, 0.2) is 0 Å². The zero-order valence-corrected chi connectivity index (χ0v) is 28.0. The molecule has 1 aromatic rings. The molecule has 0 aliphatic carbocycles. The first-order chi connectivity index (χ1) is 22.7. The molecule has 1 aliphatic heterocycles. The number of ether oxygens (including phenoxy) is 8. The van der Waals surface area contributed by atoms with Gasteiger partial charge in [0.25, 0.3) is 11.8 Å². The molecule has 1 aromatic carbocycles.